The van der Waals surface area contributed by atoms with Gasteiger partial charge in [0.1, 0.15) is 10.7 Å². The first-order valence-corrected chi connectivity index (χ1v) is 6.28. The lowest BCUT2D eigenvalue weighted by atomic mass is 10.2. The van der Waals surface area contributed by atoms with Gasteiger partial charge in [0.05, 0.1) is 11.8 Å². The molecule has 1 aromatic heterocycles. The Morgan fingerprint density at radius 2 is 2.53 bits per heavy atom. The molecule has 5 heteroatoms. The summed E-state index contributed by atoms with van der Waals surface area (Å²) in [5.41, 5.74) is 7.18. The molecule has 17 heavy (non-hydrogen) atoms. The minimum Gasteiger partial charge on any atom is -0.388 e. The first kappa shape index (κ1) is 12.3. The zero-order valence-corrected chi connectivity index (χ0v) is 10.5. The lowest BCUT2D eigenvalue weighted by Gasteiger charge is -2.12. The summed E-state index contributed by atoms with van der Waals surface area (Å²) in [6.45, 7) is 1.75. The smallest absolute Gasteiger partial charge is 0.124 e. The van der Waals surface area contributed by atoms with Crippen molar-refractivity contribution in [1.82, 2.24) is 4.98 Å². The minimum atomic E-state index is 0.324. The maximum atomic E-state index is 5.61. The monoisotopic (exact) mass is 251 g/mol. The molecule has 0 saturated carbocycles. The second-order valence-electron chi connectivity index (χ2n) is 4.11. The van der Waals surface area contributed by atoms with Crippen LogP contribution < -0.4 is 11.1 Å². The SMILES string of the molecule is NC(=S)c1ncccc1NCCC1CCCO1. The molecular weight excluding hydrogens is 234 g/mol. The van der Waals surface area contributed by atoms with Crippen LogP contribution in [0.4, 0.5) is 5.69 Å². The van der Waals surface area contributed by atoms with Gasteiger partial charge in [-0.2, -0.15) is 0 Å². The molecule has 3 N–H and O–H groups in total. The fraction of sp³-hybridized carbons (Fsp3) is 0.500. The van der Waals surface area contributed by atoms with Gasteiger partial charge in [0.2, 0.25) is 0 Å². The lowest BCUT2D eigenvalue weighted by Crippen LogP contribution is -2.17. The average Bonchev–Trinajstić information content (AvgIpc) is 2.82. The molecule has 2 rings (SSSR count). The molecular formula is C12H17N3OS. The summed E-state index contributed by atoms with van der Waals surface area (Å²) in [5, 5.41) is 3.31. The van der Waals surface area contributed by atoms with Crippen LogP contribution >= 0.6 is 12.2 Å². The number of anilines is 1. The second kappa shape index (κ2) is 5.93. The topological polar surface area (TPSA) is 60.2 Å². The van der Waals surface area contributed by atoms with Crippen LogP contribution in [0, 0.1) is 0 Å². The van der Waals surface area contributed by atoms with Gasteiger partial charge in [-0.15, -0.1) is 0 Å². The summed E-state index contributed by atoms with van der Waals surface area (Å²) in [5.74, 6) is 0. The summed E-state index contributed by atoms with van der Waals surface area (Å²) in [7, 11) is 0. The Kier molecular flexibility index (Phi) is 4.28. The summed E-state index contributed by atoms with van der Waals surface area (Å²) < 4.78 is 5.56. The Bertz CT molecular complexity index is 391. The third-order valence-electron chi connectivity index (χ3n) is 2.85. The number of hydrogen-bond acceptors (Lipinski definition) is 4. The van der Waals surface area contributed by atoms with Crippen LogP contribution in [0.1, 0.15) is 25.0 Å². The Labute approximate surface area is 107 Å². The number of thiocarbonyl (C=S) groups is 1. The Morgan fingerprint density at radius 1 is 1.65 bits per heavy atom. The molecule has 0 spiro atoms. The second-order valence-corrected chi connectivity index (χ2v) is 4.55. The molecule has 0 aromatic carbocycles. The van der Waals surface area contributed by atoms with E-state index < -0.39 is 0 Å². The number of pyridine rings is 1. The number of nitrogens with one attached hydrogen (secondary N) is 1. The largest absolute Gasteiger partial charge is 0.388 e. The highest BCUT2D eigenvalue weighted by molar-refractivity contribution is 7.80. The van der Waals surface area contributed by atoms with Gasteiger partial charge in [-0.3, -0.25) is 4.98 Å². The van der Waals surface area contributed by atoms with E-state index in [1.165, 1.54) is 6.42 Å². The van der Waals surface area contributed by atoms with E-state index in [2.05, 4.69) is 10.3 Å². The van der Waals surface area contributed by atoms with E-state index in [-0.39, 0.29) is 0 Å². The zero-order valence-electron chi connectivity index (χ0n) is 9.69. The Hall–Kier alpha value is -1.20. The maximum Gasteiger partial charge on any atom is 0.124 e. The predicted octanol–water partition coefficient (Wildman–Crippen LogP) is 1.70. The molecule has 0 aliphatic carbocycles. The molecule has 1 aliphatic heterocycles. The number of nitrogens with zero attached hydrogens (tertiary/aromatic N) is 1. The van der Waals surface area contributed by atoms with Crippen LogP contribution in [0.2, 0.25) is 0 Å². The highest BCUT2D eigenvalue weighted by Gasteiger charge is 2.15. The number of aromatic nitrogens is 1. The molecule has 0 radical (unpaired) electrons. The van der Waals surface area contributed by atoms with Crippen molar-refractivity contribution in [3.05, 3.63) is 24.0 Å². The van der Waals surface area contributed by atoms with Gasteiger partial charge >= 0.3 is 0 Å². The van der Waals surface area contributed by atoms with Gasteiger partial charge in [-0.05, 0) is 31.4 Å². The van der Waals surface area contributed by atoms with Gasteiger partial charge < -0.3 is 15.8 Å². The van der Waals surface area contributed by atoms with Gasteiger partial charge in [0, 0.05) is 19.3 Å². The fourth-order valence-corrected chi connectivity index (χ4v) is 2.15. The molecule has 4 nitrogen and oxygen atoms in total. The van der Waals surface area contributed by atoms with Gasteiger partial charge in [-0.25, -0.2) is 0 Å². The highest BCUT2D eigenvalue weighted by atomic mass is 32.1. The minimum absolute atomic E-state index is 0.324. The van der Waals surface area contributed by atoms with E-state index in [1.807, 2.05) is 12.1 Å². The van der Waals surface area contributed by atoms with Crippen molar-refractivity contribution in [2.45, 2.75) is 25.4 Å². The van der Waals surface area contributed by atoms with Crippen molar-refractivity contribution in [2.24, 2.45) is 5.73 Å². The quantitative estimate of drug-likeness (QED) is 0.780. The third kappa shape index (κ3) is 3.38. The van der Waals surface area contributed by atoms with E-state index in [0.717, 1.165) is 31.7 Å². The molecule has 2 heterocycles. The normalized spacial score (nSPS) is 19.2. The average molecular weight is 251 g/mol. The molecule has 1 fully saturated rings. The molecule has 92 valence electrons. The lowest BCUT2D eigenvalue weighted by molar-refractivity contribution is 0.107. The van der Waals surface area contributed by atoms with Crippen LogP contribution in [0.5, 0.6) is 0 Å². The van der Waals surface area contributed by atoms with Gasteiger partial charge in [0.15, 0.2) is 0 Å². The standard InChI is InChI=1S/C12H17N3OS/c13-12(17)11-10(4-1-6-15-11)14-7-5-9-3-2-8-16-9/h1,4,6,9,14H,2-3,5,7-8H2,(H2,13,17). The number of nitrogens with two attached hydrogens (primary N) is 1. The van der Waals surface area contributed by atoms with Crippen molar-refractivity contribution in [3.8, 4) is 0 Å². The maximum absolute atomic E-state index is 5.61. The van der Waals surface area contributed by atoms with E-state index in [0.29, 0.717) is 16.8 Å². The van der Waals surface area contributed by atoms with Gasteiger partial charge in [-0.1, -0.05) is 12.2 Å². The van der Waals surface area contributed by atoms with Crippen molar-refractivity contribution in [3.63, 3.8) is 0 Å². The number of hydrogen-bond donors (Lipinski definition) is 2. The Morgan fingerprint density at radius 3 is 3.24 bits per heavy atom. The summed E-state index contributed by atoms with van der Waals surface area (Å²) in [6.07, 6.45) is 5.44. The van der Waals surface area contributed by atoms with Crippen LogP contribution in [0.15, 0.2) is 18.3 Å². The van der Waals surface area contributed by atoms with Crippen LogP contribution in [-0.4, -0.2) is 29.2 Å². The first-order valence-electron chi connectivity index (χ1n) is 5.87. The molecule has 0 bridgehead atoms. The highest BCUT2D eigenvalue weighted by Crippen LogP contribution is 2.16. The summed E-state index contributed by atoms with van der Waals surface area (Å²) >= 11 is 4.96. The van der Waals surface area contributed by atoms with E-state index in [9.17, 15) is 0 Å². The summed E-state index contributed by atoms with van der Waals surface area (Å²) in [6, 6.07) is 3.81. The number of ether oxygens (including phenoxy) is 1. The van der Waals surface area contributed by atoms with Crippen molar-refractivity contribution in [1.29, 1.82) is 0 Å². The predicted molar refractivity (Wildman–Crippen MR) is 72.2 cm³/mol. The summed E-state index contributed by atoms with van der Waals surface area (Å²) in [4.78, 5) is 4.49. The van der Waals surface area contributed by atoms with Crippen molar-refractivity contribution >= 4 is 22.9 Å². The fourth-order valence-electron chi connectivity index (χ4n) is 1.98. The van der Waals surface area contributed by atoms with Crippen molar-refractivity contribution in [2.75, 3.05) is 18.5 Å². The molecule has 1 aromatic rings. The van der Waals surface area contributed by atoms with E-state index in [1.54, 1.807) is 6.20 Å². The molecule has 1 aliphatic rings. The Balaban J connectivity index is 1.87. The van der Waals surface area contributed by atoms with E-state index in [4.69, 9.17) is 22.7 Å². The third-order valence-corrected chi connectivity index (χ3v) is 3.04. The van der Waals surface area contributed by atoms with Gasteiger partial charge in [0.25, 0.3) is 0 Å². The zero-order chi connectivity index (χ0) is 12.1. The molecule has 0 amide bonds. The van der Waals surface area contributed by atoms with Crippen LogP contribution in [-0.2, 0) is 4.74 Å². The first-order chi connectivity index (χ1) is 8.27. The van der Waals surface area contributed by atoms with Crippen LogP contribution in [0.25, 0.3) is 0 Å². The molecule has 1 atom stereocenters. The van der Waals surface area contributed by atoms with E-state index >= 15 is 0 Å². The molecule has 1 unspecified atom stereocenters. The molecule has 1 saturated heterocycles. The number of rotatable bonds is 5. The van der Waals surface area contributed by atoms with Crippen LogP contribution in [0.3, 0.4) is 0 Å². The van der Waals surface area contributed by atoms with Crippen molar-refractivity contribution < 1.29 is 4.74 Å².